The second-order valence-corrected chi connectivity index (χ2v) is 3.45. The molecule has 2 saturated heterocycles. The van der Waals surface area contributed by atoms with E-state index in [9.17, 15) is 4.79 Å². The molecule has 0 aliphatic carbocycles. The summed E-state index contributed by atoms with van der Waals surface area (Å²) in [6.07, 6.45) is 0. The van der Waals surface area contributed by atoms with E-state index in [1.165, 1.54) is 0 Å². The molecule has 0 bridgehead atoms. The molecule has 0 aromatic carbocycles. The third-order valence-corrected chi connectivity index (χ3v) is 2.86. The minimum atomic E-state index is 0.124. The van der Waals surface area contributed by atoms with Crippen molar-refractivity contribution in [2.75, 3.05) is 13.2 Å². The molecule has 3 N–H and O–H groups in total. The molecule has 5 heteroatoms. The van der Waals surface area contributed by atoms with Crippen molar-refractivity contribution in [2.45, 2.75) is 5.37 Å². The summed E-state index contributed by atoms with van der Waals surface area (Å²) in [5.74, 6) is 0.292. The summed E-state index contributed by atoms with van der Waals surface area (Å²) < 4.78 is 3.09. The van der Waals surface area contributed by atoms with E-state index >= 15 is 0 Å². The van der Waals surface area contributed by atoms with Gasteiger partial charge in [0.25, 0.3) is 0 Å². The summed E-state index contributed by atoms with van der Waals surface area (Å²) in [5, 5.41) is 6.22. The van der Waals surface area contributed by atoms with Crippen molar-refractivity contribution < 1.29 is 4.79 Å². The van der Waals surface area contributed by atoms with Crippen molar-refractivity contribution >= 4 is 17.9 Å². The van der Waals surface area contributed by atoms with Crippen LogP contribution in [0.4, 0.5) is 0 Å². The first-order chi connectivity index (χ1) is 4.88. The van der Waals surface area contributed by atoms with Crippen molar-refractivity contribution in [1.82, 2.24) is 15.4 Å². The predicted molar refractivity (Wildman–Crippen MR) is 39.0 cm³/mol. The van der Waals surface area contributed by atoms with E-state index in [2.05, 4.69) is 15.4 Å². The SMILES string of the molecule is O=C1NCNC2SNCC12. The Morgan fingerprint density at radius 3 is 3.30 bits per heavy atom. The van der Waals surface area contributed by atoms with Gasteiger partial charge < -0.3 is 5.32 Å². The number of nitrogens with one attached hydrogen (secondary N) is 3. The standard InChI is InChI=1S/C5H9N3OS/c9-4-3-1-8-10-5(3)7-2-6-4/h3,5,7-8H,1-2H2,(H,6,9). The van der Waals surface area contributed by atoms with Gasteiger partial charge in [-0.25, -0.2) is 0 Å². The van der Waals surface area contributed by atoms with Crippen LogP contribution in [0.15, 0.2) is 0 Å². The zero-order valence-electron chi connectivity index (χ0n) is 5.39. The highest BCUT2D eigenvalue weighted by atomic mass is 32.2. The van der Waals surface area contributed by atoms with Crippen LogP contribution >= 0.6 is 11.9 Å². The topological polar surface area (TPSA) is 53.2 Å². The molecule has 56 valence electrons. The number of hydrogen-bond acceptors (Lipinski definition) is 4. The van der Waals surface area contributed by atoms with E-state index in [0.29, 0.717) is 6.67 Å². The van der Waals surface area contributed by atoms with Gasteiger partial charge in [-0.15, -0.1) is 0 Å². The molecule has 2 aliphatic heterocycles. The fraction of sp³-hybridized carbons (Fsp3) is 0.800. The number of amides is 1. The third kappa shape index (κ3) is 0.902. The molecule has 10 heavy (non-hydrogen) atoms. The van der Waals surface area contributed by atoms with Gasteiger partial charge in [0, 0.05) is 6.54 Å². The Bertz CT molecular complexity index is 163. The van der Waals surface area contributed by atoms with Crippen LogP contribution in [0.1, 0.15) is 0 Å². The Morgan fingerprint density at radius 1 is 1.60 bits per heavy atom. The molecule has 0 aromatic heterocycles. The smallest absolute Gasteiger partial charge is 0.227 e. The number of carbonyl (C=O) groups is 1. The third-order valence-electron chi connectivity index (χ3n) is 1.78. The van der Waals surface area contributed by atoms with Crippen molar-refractivity contribution in [3.8, 4) is 0 Å². The first kappa shape index (κ1) is 6.45. The van der Waals surface area contributed by atoms with Gasteiger partial charge in [0.1, 0.15) is 0 Å². The predicted octanol–water partition coefficient (Wildman–Crippen LogP) is -1.14. The van der Waals surface area contributed by atoms with E-state index in [4.69, 9.17) is 0 Å². The summed E-state index contributed by atoms with van der Waals surface area (Å²) in [7, 11) is 0. The van der Waals surface area contributed by atoms with Gasteiger partial charge >= 0.3 is 0 Å². The van der Waals surface area contributed by atoms with Crippen molar-refractivity contribution in [3.05, 3.63) is 0 Å². The molecule has 0 spiro atoms. The molecule has 1 amide bonds. The van der Waals surface area contributed by atoms with Crippen LogP contribution in [0.2, 0.25) is 0 Å². The van der Waals surface area contributed by atoms with E-state index in [1.54, 1.807) is 11.9 Å². The summed E-state index contributed by atoms with van der Waals surface area (Å²) in [6.45, 7) is 1.39. The lowest BCUT2D eigenvalue weighted by molar-refractivity contribution is -0.126. The second kappa shape index (κ2) is 2.41. The molecule has 2 unspecified atom stereocenters. The lowest BCUT2D eigenvalue weighted by Gasteiger charge is -2.24. The molecule has 2 rings (SSSR count). The van der Waals surface area contributed by atoms with Crippen molar-refractivity contribution in [3.63, 3.8) is 0 Å². The van der Waals surface area contributed by atoms with Gasteiger partial charge in [-0.05, 0) is 0 Å². The first-order valence-corrected chi connectivity index (χ1v) is 4.15. The second-order valence-electron chi connectivity index (χ2n) is 2.42. The number of fused-ring (bicyclic) bond motifs is 1. The van der Waals surface area contributed by atoms with Crippen LogP contribution in [0.5, 0.6) is 0 Å². The highest BCUT2D eigenvalue weighted by Crippen LogP contribution is 2.23. The molecule has 0 aromatic rings. The minimum Gasteiger partial charge on any atom is -0.343 e. The molecular formula is C5H9N3OS. The van der Waals surface area contributed by atoms with Gasteiger partial charge in [-0.1, -0.05) is 11.9 Å². The molecule has 0 saturated carbocycles. The first-order valence-electron chi connectivity index (χ1n) is 3.27. The van der Waals surface area contributed by atoms with E-state index < -0.39 is 0 Å². The Kier molecular flexibility index (Phi) is 1.55. The van der Waals surface area contributed by atoms with E-state index in [1.807, 2.05) is 0 Å². The van der Waals surface area contributed by atoms with Crippen LogP contribution in [0.25, 0.3) is 0 Å². The molecule has 2 aliphatic rings. The number of rotatable bonds is 0. The van der Waals surface area contributed by atoms with Gasteiger partial charge in [-0.3, -0.25) is 14.8 Å². The quantitative estimate of drug-likeness (QED) is 0.391. The Balaban J connectivity index is 2.10. The van der Waals surface area contributed by atoms with Crippen LogP contribution in [-0.4, -0.2) is 24.5 Å². The Hall–Kier alpha value is -0.260. The Labute approximate surface area is 63.3 Å². The van der Waals surface area contributed by atoms with Crippen molar-refractivity contribution in [1.29, 1.82) is 0 Å². The zero-order chi connectivity index (χ0) is 6.97. The summed E-state index contributed by atoms with van der Waals surface area (Å²) in [4.78, 5) is 11.1. The highest BCUT2D eigenvalue weighted by molar-refractivity contribution is 7.98. The highest BCUT2D eigenvalue weighted by Gasteiger charge is 2.36. The van der Waals surface area contributed by atoms with Crippen LogP contribution in [0.3, 0.4) is 0 Å². The lowest BCUT2D eigenvalue weighted by Crippen LogP contribution is -2.52. The monoisotopic (exact) mass is 159 g/mol. The van der Waals surface area contributed by atoms with Gasteiger partial charge in [0.05, 0.1) is 18.0 Å². The van der Waals surface area contributed by atoms with E-state index in [-0.39, 0.29) is 17.2 Å². The van der Waals surface area contributed by atoms with Crippen LogP contribution in [0, 0.1) is 5.92 Å². The van der Waals surface area contributed by atoms with E-state index in [0.717, 1.165) is 6.54 Å². The average Bonchev–Trinajstić information content (AvgIpc) is 2.36. The summed E-state index contributed by atoms with van der Waals surface area (Å²) in [6, 6.07) is 0. The van der Waals surface area contributed by atoms with Crippen molar-refractivity contribution in [2.24, 2.45) is 5.92 Å². The molecular weight excluding hydrogens is 150 g/mol. The average molecular weight is 159 g/mol. The van der Waals surface area contributed by atoms with Gasteiger partial charge in [0.15, 0.2) is 0 Å². The van der Waals surface area contributed by atoms with Crippen LogP contribution < -0.4 is 15.4 Å². The lowest BCUT2D eigenvalue weighted by atomic mass is 10.1. The molecule has 4 nitrogen and oxygen atoms in total. The number of carbonyl (C=O) groups excluding carboxylic acids is 1. The minimum absolute atomic E-state index is 0.124. The largest absolute Gasteiger partial charge is 0.343 e. The maximum atomic E-state index is 11.1. The van der Waals surface area contributed by atoms with Crippen LogP contribution in [-0.2, 0) is 4.79 Å². The molecule has 0 radical (unpaired) electrons. The zero-order valence-corrected chi connectivity index (χ0v) is 6.20. The Morgan fingerprint density at radius 2 is 2.50 bits per heavy atom. The normalized spacial score (nSPS) is 39.0. The van der Waals surface area contributed by atoms with Gasteiger partial charge in [0.2, 0.25) is 5.91 Å². The molecule has 2 fully saturated rings. The number of hydrogen-bond donors (Lipinski definition) is 3. The summed E-state index contributed by atoms with van der Waals surface area (Å²) >= 11 is 1.61. The molecule has 2 atom stereocenters. The maximum Gasteiger partial charge on any atom is 0.227 e. The fourth-order valence-electron chi connectivity index (χ4n) is 1.20. The van der Waals surface area contributed by atoms with Gasteiger partial charge in [-0.2, -0.15) is 0 Å². The maximum absolute atomic E-state index is 11.1. The molecule has 2 heterocycles. The fourth-order valence-corrected chi connectivity index (χ4v) is 2.21. The summed E-state index contributed by atoms with van der Waals surface area (Å²) in [5.41, 5.74) is 0.